The van der Waals surface area contributed by atoms with E-state index in [2.05, 4.69) is 20.7 Å². The molecule has 0 bridgehead atoms. The summed E-state index contributed by atoms with van der Waals surface area (Å²) < 4.78 is 19.9. The minimum Gasteiger partial charge on any atom is -0.507 e. The summed E-state index contributed by atoms with van der Waals surface area (Å²) in [6.07, 6.45) is 0.914. The van der Waals surface area contributed by atoms with Crippen LogP contribution in [0.2, 0.25) is 0 Å². The molecule has 3 N–H and O–H groups in total. The topological polar surface area (TPSA) is 73.6 Å². The number of aromatic hydroxyl groups is 1. The van der Waals surface area contributed by atoms with Crippen LogP contribution >= 0.6 is 0 Å². The molecule has 152 valence electrons. The minimum absolute atomic E-state index is 0.0455. The average molecular weight is 396 g/mol. The molecule has 1 fully saturated rings. The summed E-state index contributed by atoms with van der Waals surface area (Å²) in [5, 5.41) is 21.4. The molecule has 1 aromatic heterocycles. The van der Waals surface area contributed by atoms with Crippen molar-refractivity contribution in [1.29, 1.82) is 0 Å². The van der Waals surface area contributed by atoms with Crippen LogP contribution in [0.25, 0.3) is 22.5 Å². The maximum absolute atomic E-state index is 14.4. The van der Waals surface area contributed by atoms with Crippen LogP contribution in [0.3, 0.4) is 0 Å². The number of halogens is 1. The fourth-order valence-electron chi connectivity index (χ4n) is 3.50. The summed E-state index contributed by atoms with van der Waals surface area (Å²) in [7, 11) is 0. The number of piperazine rings is 1. The molecule has 7 heteroatoms. The van der Waals surface area contributed by atoms with E-state index >= 15 is 0 Å². The number of para-hydroxylation sites is 1. The van der Waals surface area contributed by atoms with Gasteiger partial charge in [0.25, 0.3) is 0 Å². The van der Waals surface area contributed by atoms with E-state index < -0.39 is 0 Å². The molecule has 0 amide bonds. The lowest BCUT2D eigenvalue weighted by Gasteiger charge is -2.26. The number of phenolic OH excluding ortho intramolecular Hbond substituents is 1. The zero-order valence-corrected chi connectivity index (χ0v) is 16.4. The number of anilines is 2. The molecule has 29 heavy (non-hydrogen) atoms. The van der Waals surface area contributed by atoms with E-state index in [9.17, 15) is 9.50 Å². The predicted octanol–water partition coefficient (Wildman–Crippen LogP) is 4.08. The summed E-state index contributed by atoms with van der Waals surface area (Å²) in [6, 6.07) is 12.1. The van der Waals surface area contributed by atoms with Gasteiger partial charge in [0.05, 0.1) is 11.3 Å². The van der Waals surface area contributed by atoms with Crippen LogP contribution in [0, 0.1) is 5.82 Å². The van der Waals surface area contributed by atoms with E-state index in [1.807, 2.05) is 19.1 Å². The number of nitrogens with zero attached hydrogens (tertiary/aromatic N) is 2. The summed E-state index contributed by atoms with van der Waals surface area (Å²) in [6.45, 7) is 6.25. The minimum atomic E-state index is -0.346. The zero-order valence-electron chi connectivity index (χ0n) is 16.4. The first-order valence-corrected chi connectivity index (χ1v) is 9.96. The molecular weight excluding hydrogens is 371 g/mol. The first-order chi connectivity index (χ1) is 14.2. The van der Waals surface area contributed by atoms with Gasteiger partial charge in [-0.2, -0.15) is 0 Å². The molecule has 1 saturated heterocycles. The Morgan fingerprint density at radius 3 is 2.72 bits per heavy atom. The van der Waals surface area contributed by atoms with Crippen molar-refractivity contribution in [2.24, 2.45) is 0 Å². The predicted molar refractivity (Wildman–Crippen MR) is 113 cm³/mol. The Kier molecular flexibility index (Phi) is 5.67. The van der Waals surface area contributed by atoms with Crippen molar-refractivity contribution in [3.05, 3.63) is 48.3 Å². The van der Waals surface area contributed by atoms with Crippen LogP contribution in [0.4, 0.5) is 15.9 Å². The molecule has 2 heterocycles. The molecule has 0 atom stereocenters. The van der Waals surface area contributed by atoms with Gasteiger partial charge in [0.1, 0.15) is 11.6 Å². The lowest BCUT2D eigenvalue weighted by Crippen LogP contribution is -2.43. The number of hydrogen-bond acceptors (Lipinski definition) is 6. The first kappa shape index (κ1) is 19.3. The maximum Gasteiger partial charge on any atom is 0.172 e. The van der Waals surface area contributed by atoms with Gasteiger partial charge >= 0.3 is 0 Å². The molecule has 6 nitrogen and oxygen atoms in total. The second kappa shape index (κ2) is 8.53. The molecule has 0 radical (unpaired) electrons. The van der Waals surface area contributed by atoms with Crippen molar-refractivity contribution in [3.63, 3.8) is 0 Å². The number of rotatable bonds is 6. The standard InChI is InChI=1S/C22H25FN4O2/c1-2-8-25-19-7-6-15(13-18(19)23)16-4-3-5-17(22(16)28)20-14-21(26-29-20)27-11-9-24-10-12-27/h3-7,13-14,24-25,28H,2,8-12H2,1H3. The molecule has 0 unspecified atom stereocenters. The van der Waals surface area contributed by atoms with Gasteiger partial charge < -0.3 is 25.2 Å². The summed E-state index contributed by atoms with van der Waals surface area (Å²) in [5.41, 5.74) is 2.14. The van der Waals surface area contributed by atoms with Crippen LogP contribution in [0.1, 0.15) is 13.3 Å². The van der Waals surface area contributed by atoms with Gasteiger partial charge in [0.2, 0.25) is 0 Å². The monoisotopic (exact) mass is 396 g/mol. The molecule has 1 aliphatic heterocycles. The number of aromatic nitrogens is 1. The van der Waals surface area contributed by atoms with Crippen molar-refractivity contribution < 1.29 is 14.0 Å². The molecule has 4 rings (SSSR count). The van der Waals surface area contributed by atoms with Crippen molar-refractivity contribution in [3.8, 4) is 28.2 Å². The zero-order chi connectivity index (χ0) is 20.2. The summed E-state index contributed by atoms with van der Waals surface area (Å²) >= 11 is 0. The molecule has 2 aromatic carbocycles. The average Bonchev–Trinajstić information content (AvgIpc) is 3.24. The van der Waals surface area contributed by atoms with Crippen molar-refractivity contribution in [2.75, 3.05) is 42.9 Å². The first-order valence-electron chi connectivity index (χ1n) is 9.96. The van der Waals surface area contributed by atoms with Crippen LogP contribution in [0.15, 0.2) is 47.0 Å². The van der Waals surface area contributed by atoms with Gasteiger partial charge in [-0.15, -0.1) is 0 Å². The molecule has 0 saturated carbocycles. The van der Waals surface area contributed by atoms with E-state index in [0.717, 1.165) is 38.4 Å². The van der Waals surface area contributed by atoms with E-state index in [1.165, 1.54) is 6.07 Å². The van der Waals surface area contributed by atoms with Crippen LogP contribution in [-0.4, -0.2) is 43.0 Å². The van der Waals surface area contributed by atoms with Crippen LogP contribution in [0.5, 0.6) is 5.75 Å². The van der Waals surface area contributed by atoms with Gasteiger partial charge in [-0.25, -0.2) is 4.39 Å². The molecule has 0 aliphatic carbocycles. The number of nitrogens with one attached hydrogen (secondary N) is 2. The SMILES string of the molecule is CCCNc1ccc(-c2cccc(-c3cc(N4CCNCC4)no3)c2O)cc1F. The van der Waals surface area contributed by atoms with Gasteiger partial charge in [0.15, 0.2) is 11.6 Å². The van der Waals surface area contributed by atoms with E-state index in [-0.39, 0.29) is 11.6 Å². The third-order valence-electron chi connectivity index (χ3n) is 5.09. The fourth-order valence-corrected chi connectivity index (χ4v) is 3.50. The Morgan fingerprint density at radius 1 is 1.17 bits per heavy atom. The van der Waals surface area contributed by atoms with Crippen molar-refractivity contribution in [1.82, 2.24) is 10.5 Å². The third-order valence-corrected chi connectivity index (χ3v) is 5.09. The lowest BCUT2D eigenvalue weighted by molar-refractivity contribution is 0.423. The smallest absolute Gasteiger partial charge is 0.172 e. The molecular formula is C22H25FN4O2. The number of hydrogen-bond donors (Lipinski definition) is 3. The van der Waals surface area contributed by atoms with E-state index in [4.69, 9.17) is 4.52 Å². The second-order valence-corrected chi connectivity index (χ2v) is 7.11. The Bertz CT molecular complexity index is 983. The van der Waals surface area contributed by atoms with E-state index in [1.54, 1.807) is 24.3 Å². The van der Waals surface area contributed by atoms with E-state index in [0.29, 0.717) is 34.7 Å². The highest BCUT2D eigenvalue weighted by Gasteiger charge is 2.19. The molecule has 0 spiro atoms. The number of phenols is 1. The third kappa shape index (κ3) is 4.05. The highest BCUT2D eigenvalue weighted by molar-refractivity contribution is 5.81. The van der Waals surface area contributed by atoms with Crippen molar-refractivity contribution >= 4 is 11.5 Å². The normalized spacial score (nSPS) is 14.2. The Labute approximate surface area is 169 Å². The Morgan fingerprint density at radius 2 is 1.97 bits per heavy atom. The van der Waals surface area contributed by atoms with Crippen LogP contribution in [-0.2, 0) is 0 Å². The number of benzene rings is 2. The molecule has 1 aliphatic rings. The summed E-state index contributed by atoms with van der Waals surface area (Å²) in [4.78, 5) is 2.14. The van der Waals surface area contributed by atoms with Crippen LogP contribution < -0.4 is 15.5 Å². The largest absolute Gasteiger partial charge is 0.507 e. The Hall–Kier alpha value is -3.06. The Balaban J connectivity index is 1.63. The second-order valence-electron chi connectivity index (χ2n) is 7.11. The summed E-state index contributed by atoms with van der Waals surface area (Å²) in [5.74, 6) is 0.939. The van der Waals surface area contributed by atoms with Gasteiger partial charge in [0, 0.05) is 44.4 Å². The van der Waals surface area contributed by atoms with Gasteiger partial charge in [-0.3, -0.25) is 0 Å². The maximum atomic E-state index is 14.4. The lowest BCUT2D eigenvalue weighted by atomic mass is 9.99. The highest BCUT2D eigenvalue weighted by Crippen LogP contribution is 2.39. The molecule has 3 aromatic rings. The van der Waals surface area contributed by atoms with Crippen molar-refractivity contribution in [2.45, 2.75) is 13.3 Å². The quantitative estimate of drug-likeness (QED) is 0.583. The van der Waals surface area contributed by atoms with Gasteiger partial charge in [-0.05, 0) is 30.2 Å². The van der Waals surface area contributed by atoms with Gasteiger partial charge in [-0.1, -0.05) is 30.3 Å². The fraction of sp³-hybridized carbons (Fsp3) is 0.318. The highest BCUT2D eigenvalue weighted by atomic mass is 19.1.